The third-order valence-electron chi connectivity index (χ3n) is 4.45. The van der Waals surface area contributed by atoms with Crippen LogP contribution in [0.3, 0.4) is 0 Å². The zero-order valence-corrected chi connectivity index (χ0v) is 16.1. The lowest BCUT2D eigenvalue weighted by Crippen LogP contribution is -2.30. The van der Waals surface area contributed by atoms with Crippen LogP contribution in [0.4, 0.5) is 10.1 Å². The second-order valence-electron chi connectivity index (χ2n) is 6.67. The maximum Gasteiger partial charge on any atom is 0.326 e. The van der Waals surface area contributed by atoms with Crippen LogP contribution < -0.4 is 9.03 Å². The number of hydrogen-bond acceptors (Lipinski definition) is 7. The standard InChI is InChI=1S/C15H15FN4O6S2/c1-27(23,24)20-11(6-10(17-20)8-2-3-8)9-4-5-12(21)15(14(9)16)19-7-13(22)18-28(19,25)26/h4-6,8,21H,2-3,7H2,1H3,(H,18,22). The van der Waals surface area contributed by atoms with Crippen LogP contribution in [0.2, 0.25) is 0 Å². The number of anilines is 1. The maximum absolute atomic E-state index is 15.3. The van der Waals surface area contributed by atoms with E-state index in [1.54, 1.807) is 4.72 Å². The maximum atomic E-state index is 15.3. The summed E-state index contributed by atoms with van der Waals surface area (Å²) >= 11 is 0. The molecule has 2 heterocycles. The highest BCUT2D eigenvalue weighted by Crippen LogP contribution is 2.43. The number of aromatic hydroxyl groups is 1. The lowest BCUT2D eigenvalue weighted by atomic mass is 10.1. The Kier molecular flexibility index (Phi) is 3.94. The molecule has 4 rings (SSSR count). The number of phenolic OH excluding ortho intramolecular Hbond substituents is 1. The Morgan fingerprint density at radius 1 is 1.32 bits per heavy atom. The number of benzene rings is 1. The van der Waals surface area contributed by atoms with Crippen molar-refractivity contribution in [1.82, 2.24) is 13.9 Å². The summed E-state index contributed by atoms with van der Waals surface area (Å²) in [4.78, 5) is 11.5. The fraction of sp³-hybridized carbons (Fsp3) is 0.333. The topological polar surface area (TPSA) is 139 Å². The third kappa shape index (κ3) is 2.99. The number of nitrogens with zero attached hydrogens (tertiary/aromatic N) is 3. The molecular formula is C15H15FN4O6S2. The van der Waals surface area contributed by atoms with Gasteiger partial charge in [-0.05, 0) is 31.0 Å². The fourth-order valence-corrected chi connectivity index (χ4v) is 4.95. The smallest absolute Gasteiger partial charge is 0.326 e. The van der Waals surface area contributed by atoms with E-state index < -0.39 is 49.9 Å². The van der Waals surface area contributed by atoms with Crippen LogP contribution in [-0.4, -0.2) is 49.8 Å². The van der Waals surface area contributed by atoms with Gasteiger partial charge in [-0.1, -0.05) is 0 Å². The Morgan fingerprint density at radius 3 is 2.54 bits per heavy atom. The molecule has 2 N–H and O–H groups in total. The van der Waals surface area contributed by atoms with Gasteiger partial charge in [0.25, 0.3) is 15.9 Å². The zero-order chi connectivity index (χ0) is 20.4. The monoisotopic (exact) mass is 430 g/mol. The summed E-state index contributed by atoms with van der Waals surface area (Å²) in [7, 11) is -8.26. The molecule has 1 saturated carbocycles. The molecule has 0 radical (unpaired) electrons. The van der Waals surface area contributed by atoms with Crippen molar-refractivity contribution in [3.8, 4) is 17.0 Å². The molecule has 2 fully saturated rings. The summed E-state index contributed by atoms with van der Waals surface area (Å²) < 4.78 is 66.4. The van der Waals surface area contributed by atoms with Gasteiger partial charge >= 0.3 is 10.2 Å². The quantitative estimate of drug-likeness (QED) is 0.709. The Hall–Kier alpha value is -2.67. The average molecular weight is 430 g/mol. The molecule has 2 aliphatic rings. The number of carbonyl (C=O) groups is 1. The SMILES string of the molecule is CS(=O)(=O)n1nc(C2CC2)cc1-c1ccc(O)c(N2CC(=O)NS2(=O)=O)c1F. The van der Waals surface area contributed by atoms with Crippen LogP contribution in [0.25, 0.3) is 11.3 Å². The second-order valence-corrected chi connectivity index (χ2v) is 10.1. The van der Waals surface area contributed by atoms with E-state index in [0.29, 0.717) is 14.1 Å². The van der Waals surface area contributed by atoms with E-state index in [1.807, 2.05) is 0 Å². The number of carbonyl (C=O) groups excluding carboxylic acids is 1. The van der Waals surface area contributed by atoms with Gasteiger partial charge in [-0.2, -0.15) is 17.6 Å². The van der Waals surface area contributed by atoms with Crippen molar-refractivity contribution in [2.24, 2.45) is 0 Å². The molecule has 1 aromatic heterocycles. The molecule has 0 bridgehead atoms. The molecule has 1 amide bonds. The number of halogens is 1. The second kappa shape index (κ2) is 5.91. The summed E-state index contributed by atoms with van der Waals surface area (Å²) in [6, 6.07) is 3.59. The molecule has 10 nitrogen and oxygen atoms in total. The summed E-state index contributed by atoms with van der Waals surface area (Å²) in [5, 5.41) is 14.1. The first kappa shape index (κ1) is 18.7. The van der Waals surface area contributed by atoms with Crippen molar-refractivity contribution in [2.45, 2.75) is 18.8 Å². The molecule has 2 aromatic rings. The van der Waals surface area contributed by atoms with Crippen molar-refractivity contribution >= 4 is 31.8 Å². The van der Waals surface area contributed by atoms with Crippen LogP contribution in [0.15, 0.2) is 18.2 Å². The molecule has 1 aromatic carbocycles. The number of nitrogens with one attached hydrogen (secondary N) is 1. The molecule has 1 aliphatic heterocycles. The van der Waals surface area contributed by atoms with Crippen molar-refractivity contribution in [3.05, 3.63) is 29.7 Å². The van der Waals surface area contributed by atoms with Crippen molar-refractivity contribution in [3.63, 3.8) is 0 Å². The van der Waals surface area contributed by atoms with Crippen molar-refractivity contribution in [1.29, 1.82) is 0 Å². The summed E-state index contributed by atoms with van der Waals surface area (Å²) in [6.07, 6.45) is 2.58. The van der Waals surface area contributed by atoms with Gasteiger partial charge in [0.2, 0.25) is 0 Å². The number of phenols is 1. The molecule has 0 spiro atoms. The largest absolute Gasteiger partial charge is 0.506 e. The molecule has 0 atom stereocenters. The van der Waals surface area contributed by atoms with E-state index in [1.165, 1.54) is 6.07 Å². The van der Waals surface area contributed by atoms with E-state index in [-0.39, 0.29) is 17.2 Å². The van der Waals surface area contributed by atoms with Crippen LogP contribution in [0, 0.1) is 5.82 Å². The van der Waals surface area contributed by atoms with Gasteiger partial charge in [-0.3, -0.25) is 4.79 Å². The van der Waals surface area contributed by atoms with Gasteiger partial charge in [-0.25, -0.2) is 21.8 Å². The van der Waals surface area contributed by atoms with E-state index in [0.717, 1.165) is 31.2 Å². The van der Waals surface area contributed by atoms with Crippen molar-refractivity contribution < 1.29 is 31.1 Å². The summed E-state index contributed by atoms with van der Waals surface area (Å²) in [6.45, 7) is -0.713. The molecule has 13 heteroatoms. The number of aromatic nitrogens is 2. The zero-order valence-electron chi connectivity index (χ0n) is 14.5. The first-order valence-corrected chi connectivity index (χ1v) is 11.4. The molecule has 1 aliphatic carbocycles. The number of hydrogen-bond donors (Lipinski definition) is 2. The van der Waals surface area contributed by atoms with Crippen LogP contribution in [0.1, 0.15) is 24.5 Å². The van der Waals surface area contributed by atoms with E-state index >= 15 is 4.39 Å². The minimum absolute atomic E-state index is 0.0854. The Bertz CT molecular complexity index is 1220. The van der Waals surface area contributed by atoms with Gasteiger partial charge in [0.05, 0.1) is 17.6 Å². The normalized spacial score (nSPS) is 19.1. The summed E-state index contributed by atoms with van der Waals surface area (Å²) in [5.41, 5.74) is -0.628. The van der Waals surface area contributed by atoms with Gasteiger partial charge in [0.15, 0.2) is 5.82 Å². The molecule has 28 heavy (non-hydrogen) atoms. The minimum Gasteiger partial charge on any atom is -0.506 e. The highest BCUT2D eigenvalue weighted by Gasteiger charge is 2.38. The van der Waals surface area contributed by atoms with Crippen molar-refractivity contribution in [2.75, 3.05) is 17.1 Å². The first-order valence-electron chi connectivity index (χ1n) is 8.14. The Labute approximate surface area is 159 Å². The van der Waals surface area contributed by atoms with Gasteiger partial charge in [-0.15, -0.1) is 0 Å². The third-order valence-corrected chi connectivity index (χ3v) is 6.73. The molecule has 150 valence electrons. The molecule has 0 unspecified atom stereocenters. The minimum atomic E-state index is -4.38. The highest BCUT2D eigenvalue weighted by atomic mass is 32.2. The number of amides is 1. The van der Waals surface area contributed by atoms with Gasteiger partial charge in [0, 0.05) is 11.5 Å². The lowest BCUT2D eigenvalue weighted by molar-refractivity contribution is -0.117. The molecular weight excluding hydrogens is 415 g/mol. The lowest BCUT2D eigenvalue weighted by Gasteiger charge is -2.18. The van der Waals surface area contributed by atoms with Crippen LogP contribution in [0.5, 0.6) is 5.75 Å². The Balaban J connectivity index is 1.93. The Morgan fingerprint density at radius 2 is 2.00 bits per heavy atom. The summed E-state index contributed by atoms with van der Waals surface area (Å²) in [5.74, 6) is -2.70. The highest BCUT2D eigenvalue weighted by molar-refractivity contribution is 7.92. The van der Waals surface area contributed by atoms with Gasteiger partial charge < -0.3 is 5.11 Å². The molecule has 1 saturated heterocycles. The van der Waals surface area contributed by atoms with Gasteiger partial charge in [0.1, 0.15) is 18.0 Å². The predicted molar refractivity (Wildman–Crippen MR) is 95.9 cm³/mol. The van der Waals surface area contributed by atoms with Crippen LogP contribution in [-0.2, 0) is 25.0 Å². The fourth-order valence-electron chi connectivity index (χ4n) is 3.03. The van der Waals surface area contributed by atoms with E-state index in [2.05, 4.69) is 5.10 Å². The first-order chi connectivity index (χ1) is 13.0. The van der Waals surface area contributed by atoms with E-state index in [4.69, 9.17) is 0 Å². The predicted octanol–water partition coefficient (Wildman–Crippen LogP) is 0.261. The van der Waals surface area contributed by atoms with E-state index in [9.17, 15) is 26.7 Å². The number of rotatable bonds is 4. The van der Waals surface area contributed by atoms with Crippen LogP contribution >= 0.6 is 0 Å². The average Bonchev–Trinajstić information content (AvgIpc) is 3.25.